The number of carbonyl (C=O) groups is 2. The lowest BCUT2D eigenvalue weighted by atomic mass is 10.0. The summed E-state index contributed by atoms with van der Waals surface area (Å²) in [5, 5.41) is 11.2. The van der Waals surface area contributed by atoms with Gasteiger partial charge in [0, 0.05) is 18.8 Å². The predicted molar refractivity (Wildman–Crippen MR) is 136 cm³/mol. The fourth-order valence-corrected chi connectivity index (χ4v) is 5.08. The summed E-state index contributed by atoms with van der Waals surface area (Å²) in [6, 6.07) is 14.0. The van der Waals surface area contributed by atoms with E-state index in [1.54, 1.807) is 18.2 Å². The van der Waals surface area contributed by atoms with Crippen molar-refractivity contribution in [1.82, 2.24) is 14.8 Å². The van der Waals surface area contributed by atoms with E-state index in [-0.39, 0.29) is 23.9 Å². The zero-order valence-corrected chi connectivity index (χ0v) is 20.4. The maximum absolute atomic E-state index is 14.0. The van der Waals surface area contributed by atoms with Crippen molar-refractivity contribution in [2.24, 2.45) is 0 Å². The molecule has 1 unspecified atom stereocenters. The minimum absolute atomic E-state index is 0.0456. The Kier molecular flexibility index (Phi) is 7.97. The second-order valence-electron chi connectivity index (χ2n) is 8.24. The second kappa shape index (κ2) is 11.3. The summed E-state index contributed by atoms with van der Waals surface area (Å²) in [5.74, 6) is -0.338. The van der Waals surface area contributed by atoms with Gasteiger partial charge in [0.15, 0.2) is 5.16 Å². The van der Waals surface area contributed by atoms with E-state index in [4.69, 9.17) is 0 Å². The van der Waals surface area contributed by atoms with E-state index in [0.717, 1.165) is 18.5 Å². The van der Waals surface area contributed by atoms with Crippen molar-refractivity contribution in [2.75, 3.05) is 16.8 Å². The molecular formula is C26H28FN5O2S. The molecule has 1 N–H and O–H groups in total. The molecule has 35 heavy (non-hydrogen) atoms. The number of halogens is 1. The van der Waals surface area contributed by atoms with Crippen LogP contribution in [0.5, 0.6) is 0 Å². The zero-order valence-electron chi connectivity index (χ0n) is 19.6. The third-order valence-corrected chi connectivity index (χ3v) is 7.21. The lowest BCUT2D eigenvalue weighted by Crippen LogP contribution is -2.37. The molecule has 0 radical (unpaired) electrons. The van der Waals surface area contributed by atoms with Gasteiger partial charge in [-0.05, 0) is 43.0 Å². The Morgan fingerprint density at radius 3 is 2.74 bits per heavy atom. The highest BCUT2D eigenvalue weighted by Gasteiger charge is 2.26. The van der Waals surface area contributed by atoms with Crippen LogP contribution in [0.3, 0.4) is 0 Å². The highest BCUT2D eigenvalue weighted by atomic mass is 32.2. The molecule has 0 saturated heterocycles. The van der Waals surface area contributed by atoms with Gasteiger partial charge in [-0.15, -0.1) is 16.8 Å². The molecule has 0 saturated carbocycles. The van der Waals surface area contributed by atoms with Crippen molar-refractivity contribution >= 4 is 35.0 Å². The molecule has 1 aliphatic rings. The Balaban J connectivity index is 1.50. The van der Waals surface area contributed by atoms with Crippen molar-refractivity contribution in [3.63, 3.8) is 0 Å². The van der Waals surface area contributed by atoms with E-state index in [1.807, 2.05) is 34.6 Å². The van der Waals surface area contributed by atoms with Crippen LogP contribution in [0.25, 0.3) is 0 Å². The van der Waals surface area contributed by atoms with Gasteiger partial charge in [-0.2, -0.15) is 0 Å². The summed E-state index contributed by atoms with van der Waals surface area (Å²) in [5.41, 5.74) is 2.25. The first-order valence-electron chi connectivity index (χ1n) is 11.6. The second-order valence-corrected chi connectivity index (χ2v) is 9.41. The average Bonchev–Trinajstić information content (AvgIpc) is 3.24. The van der Waals surface area contributed by atoms with Crippen molar-refractivity contribution in [1.29, 1.82) is 0 Å². The normalized spacial score (nSPS) is 13.7. The molecule has 182 valence electrons. The topological polar surface area (TPSA) is 80.1 Å². The molecule has 2 amide bonds. The van der Waals surface area contributed by atoms with Crippen LogP contribution in [0.2, 0.25) is 0 Å². The summed E-state index contributed by atoms with van der Waals surface area (Å²) in [6.45, 7) is 6.77. The number of nitrogens with one attached hydrogen (secondary N) is 1. The highest BCUT2D eigenvalue weighted by Crippen LogP contribution is 2.29. The Morgan fingerprint density at radius 1 is 1.20 bits per heavy atom. The standard InChI is InChI=1S/C26H28FN5O2S/c1-3-15-32-23(17-24(33)31-16-9-11-18-10-5-8-14-21(18)31)29-30-26(32)35-22(4-2)25(34)28-20-13-7-6-12-19(20)27/h3,5-8,10,12-14,22H,1,4,9,11,15-17H2,2H3,(H,28,34). The smallest absolute Gasteiger partial charge is 0.238 e. The largest absolute Gasteiger partial charge is 0.323 e. The number of hydrogen-bond donors (Lipinski definition) is 1. The maximum Gasteiger partial charge on any atom is 0.238 e. The molecule has 0 aliphatic carbocycles. The van der Waals surface area contributed by atoms with Gasteiger partial charge >= 0.3 is 0 Å². The van der Waals surface area contributed by atoms with Gasteiger partial charge in [0.2, 0.25) is 11.8 Å². The van der Waals surface area contributed by atoms with E-state index in [0.29, 0.717) is 30.5 Å². The fourth-order valence-electron chi connectivity index (χ4n) is 4.10. The van der Waals surface area contributed by atoms with E-state index in [2.05, 4.69) is 28.2 Å². The first kappa shape index (κ1) is 24.7. The summed E-state index contributed by atoms with van der Waals surface area (Å²) < 4.78 is 15.8. The van der Waals surface area contributed by atoms with E-state index >= 15 is 0 Å². The van der Waals surface area contributed by atoms with Crippen LogP contribution in [0.1, 0.15) is 31.2 Å². The van der Waals surface area contributed by atoms with Crippen LogP contribution in [-0.2, 0) is 29.0 Å². The van der Waals surface area contributed by atoms with Crippen LogP contribution in [-0.4, -0.2) is 38.4 Å². The molecule has 2 heterocycles. The summed E-state index contributed by atoms with van der Waals surface area (Å²) >= 11 is 1.24. The van der Waals surface area contributed by atoms with Crippen molar-refractivity contribution in [2.45, 2.75) is 49.6 Å². The van der Waals surface area contributed by atoms with E-state index in [9.17, 15) is 14.0 Å². The Labute approximate surface area is 208 Å². The number of carbonyl (C=O) groups excluding carboxylic acids is 2. The molecular weight excluding hydrogens is 465 g/mol. The van der Waals surface area contributed by atoms with Crippen LogP contribution in [0.15, 0.2) is 66.3 Å². The van der Waals surface area contributed by atoms with Gasteiger partial charge in [-0.25, -0.2) is 4.39 Å². The number of fused-ring (bicyclic) bond motifs is 1. The lowest BCUT2D eigenvalue weighted by Gasteiger charge is -2.29. The fraction of sp³-hybridized carbons (Fsp3) is 0.308. The van der Waals surface area contributed by atoms with Crippen molar-refractivity contribution < 1.29 is 14.0 Å². The maximum atomic E-state index is 14.0. The van der Waals surface area contributed by atoms with Crippen molar-refractivity contribution in [3.05, 3.63) is 78.4 Å². The molecule has 2 aromatic carbocycles. The van der Waals surface area contributed by atoms with Gasteiger partial charge in [-0.3, -0.25) is 9.59 Å². The molecule has 4 rings (SSSR count). The molecule has 0 fully saturated rings. The minimum Gasteiger partial charge on any atom is -0.323 e. The number of nitrogens with zero attached hydrogens (tertiary/aromatic N) is 4. The van der Waals surface area contributed by atoms with Gasteiger partial charge in [0.25, 0.3) is 0 Å². The zero-order chi connectivity index (χ0) is 24.8. The Morgan fingerprint density at radius 2 is 1.97 bits per heavy atom. The first-order chi connectivity index (χ1) is 17.0. The van der Waals surface area contributed by atoms with Crippen molar-refractivity contribution in [3.8, 4) is 0 Å². The number of anilines is 2. The minimum atomic E-state index is -0.514. The molecule has 7 nitrogen and oxygen atoms in total. The van der Waals surface area contributed by atoms with Crippen LogP contribution in [0.4, 0.5) is 15.8 Å². The molecule has 1 aliphatic heterocycles. The number of para-hydroxylation sites is 2. The number of allylic oxidation sites excluding steroid dienone is 1. The molecule has 1 aromatic heterocycles. The SMILES string of the molecule is C=CCn1c(CC(=O)N2CCCc3ccccc32)nnc1SC(CC)C(=O)Nc1ccccc1F. The number of aryl methyl sites for hydroxylation is 1. The average molecular weight is 494 g/mol. The van der Waals surface area contributed by atoms with Gasteiger partial charge < -0.3 is 14.8 Å². The number of thioether (sulfide) groups is 1. The number of aromatic nitrogens is 3. The van der Waals surface area contributed by atoms with E-state index in [1.165, 1.54) is 29.5 Å². The van der Waals surface area contributed by atoms with Crippen LogP contribution < -0.4 is 10.2 Å². The van der Waals surface area contributed by atoms with E-state index < -0.39 is 11.1 Å². The van der Waals surface area contributed by atoms with Crippen LogP contribution in [0, 0.1) is 5.82 Å². The predicted octanol–water partition coefficient (Wildman–Crippen LogP) is 4.63. The highest BCUT2D eigenvalue weighted by molar-refractivity contribution is 8.00. The molecule has 1 atom stereocenters. The first-order valence-corrected chi connectivity index (χ1v) is 12.5. The number of rotatable bonds is 9. The van der Waals surface area contributed by atoms with Crippen LogP contribution >= 0.6 is 11.8 Å². The summed E-state index contributed by atoms with van der Waals surface area (Å²) in [6.07, 6.45) is 4.18. The number of hydrogen-bond acceptors (Lipinski definition) is 5. The summed E-state index contributed by atoms with van der Waals surface area (Å²) in [7, 11) is 0. The monoisotopic (exact) mass is 493 g/mol. The Bertz CT molecular complexity index is 1230. The number of amides is 2. The molecule has 9 heteroatoms. The lowest BCUT2D eigenvalue weighted by molar-refractivity contribution is -0.118. The summed E-state index contributed by atoms with van der Waals surface area (Å²) in [4.78, 5) is 27.9. The molecule has 3 aromatic rings. The third-order valence-electron chi connectivity index (χ3n) is 5.87. The van der Waals surface area contributed by atoms with Gasteiger partial charge in [-0.1, -0.05) is 55.1 Å². The Hall–Kier alpha value is -3.46. The quantitative estimate of drug-likeness (QED) is 0.347. The molecule has 0 bridgehead atoms. The molecule has 0 spiro atoms. The third kappa shape index (κ3) is 5.62. The van der Waals surface area contributed by atoms with Gasteiger partial charge in [0.05, 0.1) is 17.4 Å². The van der Waals surface area contributed by atoms with Gasteiger partial charge in [0.1, 0.15) is 11.6 Å². The number of benzene rings is 2.